The molecule has 9 N–H and O–H groups in total. The maximum Gasteiger partial charge on any atom is 0.490 e. The number of H-pyrrole nitrogens is 1. The van der Waals surface area contributed by atoms with Crippen molar-refractivity contribution in [1.29, 1.82) is 0 Å². The Kier molecular flexibility index (Phi) is 19.3. The van der Waals surface area contributed by atoms with Crippen LogP contribution in [0.3, 0.4) is 0 Å². The van der Waals surface area contributed by atoms with Gasteiger partial charge < -0.3 is 44.5 Å². The Labute approximate surface area is 314 Å². The zero-order valence-corrected chi connectivity index (χ0v) is 34.0. The van der Waals surface area contributed by atoms with Crippen molar-refractivity contribution in [2.24, 2.45) is 5.11 Å². The number of carbonyl (C=O) groups is 1. The summed E-state index contributed by atoms with van der Waals surface area (Å²) in [5.41, 5.74) is 6.61. The molecule has 2 rings (SSSR count). The molecule has 0 saturated carbocycles. The molecule has 0 aromatic carbocycles. The van der Waals surface area contributed by atoms with Gasteiger partial charge in [-0.25, -0.2) is 32.2 Å². The number of aromatic amines is 1. The molecule has 0 radical (unpaired) electrons. The molecule has 0 bridgehead atoms. The van der Waals surface area contributed by atoms with E-state index >= 15 is 0 Å². The van der Waals surface area contributed by atoms with Crippen molar-refractivity contribution >= 4 is 52.8 Å². The van der Waals surface area contributed by atoms with E-state index in [9.17, 15) is 76.2 Å². The number of nitrogens with zero attached hydrogens (tertiary/aromatic N) is 4. The highest BCUT2D eigenvalue weighted by atomic mass is 31.3. The Morgan fingerprint density at radius 3 is 1.95 bits per heavy atom. The number of unbranched alkanes of at least 4 members (excludes halogenated alkanes) is 3. The standard InChI is InChI=1S/C20H38N6O24P6/c1-14-12-26(20(30)24-19(14)29)18-11-15(27)16(45-18)13-44-52(33,34)47-54(37,38)49-56(41,42)50-55(39,40)48-53(35,36)46-51(31,32)43-10-5-3-2-4-8-22-17(28)7-6-9-23-25-21/h12,15-16,18,27H,2-11,13H2,1H3,(H,22,28)(H,31,32)(H,33,34)(H,35,36)(H,37,38)(H,39,40)(H,41,42)(H,24,29,30)/t15-,16-,18-/m1/s1. The SMILES string of the molecule is Cc1cn([C@H]2C[C@@H](O)[C@@H](COP(=O)(O)OP(=O)(O)OP(=O)(O)OP(=O)(O)OP(=O)(O)OP(=O)(O)OCCCCCCNC(=O)CCCN=[N+]=[N-])O2)c(=O)[nH]c1=O. The molecule has 36 heteroatoms. The van der Waals surface area contributed by atoms with Crippen molar-refractivity contribution in [3.63, 3.8) is 0 Å². The van der Waals surface area contributed by atoms with Gasteiger partial charge in [0.2, 0.25) is 5.91 Å². The highest BCUT2D eigenvalue weighted by Gasteiger charge is 2.50. The number of rotatable bonds is 26. The molecular weight excluding hydrogens is 894 g/mol. The average Bonchev–Trinajstić information content (AvgIpc) is 3.38. The summed E-state index contributed by atoms with van der Waals surface area (Å²) in [5.74, 6) is -0.267. The molecule has 1 fully saturated rings. The van der Waals surface area contributed by atoms with Gasteiger partial charge in [0.05, 0.1) is 19.3 Å². The highest BCUT2D eigenvalue weighted by Crippen LogP contribution is 2.75. The van der Waals surface area contributed by atoms with Crippen molar-refractivity contribution in [1.82, 2.24) is 14.9 Å². The van der Waals surface area contributed by atoms with Crippen LogP contribution in [0.15, 0.2) is 20.9 Å². The smallest absolute Gasteiger partial charge is 0.390 e. The van der Waals surface area contributed by atoms with Crippen LogP contribution in [-0.4, -0.2) is 88.4 Å². The first-order chi connectivity index (χ1) is 25.7. The molecule has 6 unspecified atom stereocenters. The Bertz CT molecular complexity index is 1990. The fourth-order valence-electron chi connectivity index (χ4n) is 4.19. The van der Waals surface area contributed by atoms with E-state index in [4.69, 9.17) is 10.3 Å². The zero-order valence-electron chi connectivity index (χ0n) is 28.6. The van der Waals surface area contributed by atoms with Crippen molar-refractivity contribution in [2.75, 3.05) is 26.3 Å². The molecule has 1 saturated heterocycles. The number of aryl methyl sites for hydroxylation is 1. The van der Waals surface area contributed by atoms with Crippen LogP contribution in [-0.2, 0) is 67.5 Å². The first-order valence-corrected chi connectivity index (χ1v) is 24.4. The summed E-state index contributed by atoms with van der Waals surface area (Å²) in [4.78, 5) is 97.8. The van der Waals surface area contributed by atoms with Gasteiger partial charge in [0.15, 0.2) is 0 Å². The average molecular weight is 932 g/mol. The molecule has 30 nitrogen and oxygen atoms in total. The van der Waals surface area contributed by atoms with Gasteiger partial charge >= 0.3 is 52.6 Å². The lowest BCUT2D eigenvalue weighted by Crippen LogP contribution is -2.33. The second-order valence-corrected chi connectivity index (χ2v) is 20.5. The van der Waals surface area contributed by atoms with Crippen LogP contribution in [0.25, 0.3) is 10.4 Å². The number of azide groups is 1. The van der Waals surface area contributed by atoms with E-state index in [2.05, 4.69) is 45.9 Å². The van der Waals surface area contributed by atoms with E-state index in [0.29, 0.717) is 32.2 Å². The molecule has 1 aromatic heterocycles. The van der Waals surface area contributed by atoms with E-state index in [0.717, 1.165) is 10.8 Å². The normalized spacial score (nSPS) is 23.6. The van der Waals surface area contributed by atoms with Crippen molar-refractivity contribution in [3.8, 4) is 0 Å². The van der Waals surface area contributed by atoms with Gasteiger partial charge in [-0.15, -0.1) is 0 Å². The first-order valence-electron chi connectivity index (χ1n) is 15.4. The maximum atomic E-state index is 12.2. The molecule has 322 valence electrons. The summed E-state index contributed by atoms with van der Waals surface area (Å²) in [5, 5.41) is 16.1. The molecule has 1 aliphatic heterocycles. The minimum absolute atomic E-state index is 0.0591. The third-order valence-electron chi connectivity index (χ3n) is 6.47. The largest absolute Gasteiger partial charge is 0.490 e. The molecule has 1 amide bonds. The molecule has 1 aromatic rings. The van der Waals surface area contributed by atoms with E-state index in [1.54, 1.807) is 0 Å². The van der Waals surface area contributed by atoms with Crippen LogP contribution >= 0.6 is 46.9 Å². The minimum Gasteiger partial charge on any atom is -0.390 e. The number of hydrogen-bond donors (Lipinski definition) is 9. The highest BCUT2D eigenvalue weighted by molar-refractivity contribution is 7.72. The predicted molar refractivity (Wildman–Crippen MR) is 182 cm³/mol. The molecule has 0 aliphatic carbocycles. The molecule has 2 heterocycles. The van der Waals surface area contributed by atoms with Crippen LogP contribution < -0.4 is 16.6 Å². The summed E-state index contributed by atoms with van der Waals surface area (Å²) < 4.78 is 106. The Hall–Kier alpha value is -1.76. The number of nitrogens with one attached hydrogen (secondary N) is 2. The fourth-order valence-corrected chi connectivity index (χ4v) is 12.0. The summed E-state index contributed by atoms with van der Waals surface area (Å²) in [6.07, 6.45) is -1.60. The number of phosphoric ester groups is 2. The fraction of sp³-hybridized carbons (Fsp3) is 0.750. The third-order valence-corrected chi connectivity index (χ3v) is 15.7. The Balaban J connectivity index is 1.81. The van der Waals surface area contributed by atoms with Crippen LogP contribution in [0.1, 0.15) is 56.7 Å². The number of phosphoric acid groups is 6. The van der Waals surface area contributed by atoms with Gasteiger partial charge in [0, 0.05) is 42.6 Å². The summed E-state index contributed by atoms with van der Waals surface area (Å²) in [6, 6.07) is 0. The maximum absolute atomic E-state index is 12.2. The molecule has 0 spiro atoms. The van der Waals surface area contributed by atoms with E-state index in [-0.39, 0.29) is 37.3 Å². The third kappa shape index (κ3) is 19.3. The lowest BCUT2D eigenvalue weighted by atomic mass is 10.2. The van der Waals surface area contributed by atoms with Crippen molar-refractivity contribution in [2.45, 2.75) is 70.3 Å². The summed E-state index contributed by atoms with van der Waals surface area (Å²) >= 11 is 0. The molecular formula is C20H38N6O24P6. The lowest BCUT2D eigenvalue weighted by Gasteiger charge is -2.21. The van der Waals surface area contributed by atoms with Crippen LogP contribution in [0, 0.1) is 6.92 Å². The van der Waals surface area contributed by atoms with Crippen molar-refractivity contribution in [3.05, 3.63) is 43.0 Å². The van der Waals surface area contributed by atoms with E-state index in [1.807, 2.05) is 4.98 Å². The monoisotopic (exact) mass is 932 g/mol. The van der Waals surface area contributed by atoms with Crippen LogP contribution in [0.4, 0.5) is 0 Å². The number of aliphatic hydroxyl groups excluding tert-OH is 1. The number of ether oxygens (including phenoxy) is 1. The quantitative estimate of drug-likeness (QED) is 0.0211. The summed E-state index contributed by atoms with van der Waals surface area (Å²) in [6.45, 7) is 0.121. The van der Waals surface area contributed by atoms with Crippen LogP contribution in [0.2, 0.25) is 0 Å². The predicted octanol–water partition coefficient (Wildman–Crippen LogP) is 1.98. The molecule has 56 heavy (non-hydrogen) atoms. The van der Waals surface area contributed by atoms with Gasteiger partial charge in [0.1, 0.15) is 12.3 Å². The summed E-state index contributed by atoms with van der Waals surface area (Å²) in [7, 11) is -36.9. The second-order valence-electron chi connectivity index (χ2n) is 11.1. The first kappa shape index (κ1) is 50.4. The lowest BCUT2D eigenvalue weighted by molar-refractivity contribution is -0.121. The van der Waals surface area contributed by atoms with Gasteiger partial charge in [-0.3, -0.25) is 28.2 Å². The van der Waals surface area contributed by atoms with Gasteiger partial charge in [-0.05, 0) is 31.7 Å². The number of hydrogen-bond acceptors (Lipinski definition) is 19. The van der Waals surface area contributed by atoms with Crippen LogP contribution in [0.5, 0.6) is 0 Å². The molecule has 9 atom stereocenters. The minimum atomic E-state index is -6.49. The Morgan fingerprint density at radius 1 is 0.875 bits per heavy atom. The van der Waals surface area contributed by atoms with E-state index < -0.39 is 89.8 Å². The second kappa shape index (κ2) is 21.5. The molecule has 1 aliphatic rings. The van der Waals surface area contributed by atoms with E-state index in [1.165, 1.54) is 6.92 Å². The topological polar surface area (TPSA) is 451 Å². The van der Waals surface area contributed by atoms with Gasteiger partial charge in [-0.1, -0.05) is 18.0 Å². The van der Waals surface area contributed by atoms with Gasteiger partial charge in [0.25, 0.3) is 5.56 Å². The zero-order chi connectivity index (χ0) is 42.6. The number of carbonyl (C=O) groups excluding carboxylic acids is 1. The van der Waals surface area contributed by atoms with Crippen molar-refractivity contribution < 1.29 is 102 Å². The Morgan fingerprint density at radius 2 is 1.39 bits per heavy atom. The number of aliphatic hydroxyl groups is 1. The number of amides is 1. The number of aromatic nitrogens is 2. The van der Waals surface area contributed by atoms with Gasteiger partial charge in [-0.2, -0.15) is 21.6 Å².